The molecule has 1 aliphatic carbocycles. The molecule has 1 N–H and O–H groups in total. The number of nitrogens with zero attached hydrogens (tertiary/aromatic N) is 1. The largest absolute Gasteiger partial charge is 0.315 e. The maximum Gasteiger partial charge on any atom is 0.0223 e. The number of nitrogens with one attached hydrogen (secondary N) is 1. The molecule has 3 atom stereocenters. The lowest BCUT2D eigenvalue weighted by Crippen LogP contribution is -2.49. The monoisotopic (exact) mass is 210 g/mol. The molecule has 1 saturated heterocycles. The molecule has 2 rings (SSSR count). The van der Waals surface area contributed by atoms with Crippen LogP contribution in [-0.2, 0) is 0 Å². The Bertz CT molecular complexity index is 182. The zero-order chi connectivity index (χ0) is 10.7. The van der Waals surface area contributed by atoms with E-state index < -0.39 is 0 Å². The summed E-state index contributed by atoms with van der Waals surface area (Å²) in [4.78, 5) is 2.77. The molecule has 2 heteroatoms. The lowest BCUT2D eigenvalue weighted by Gasteiger charge is -2.38. The lowest BCUT2D eigenvalue weighted by molar-refractivity contribution is 0.119. The van der Waals surface area contributed by atoms with Gasteiger partial charge < -0.3 is 5.32 Å². The average Bonchev–Trinajstić information content (AvgIpc) is 2.68. The minimum absolute atomic E-state index is 0.819. The number of rotatable bonds is 3. The van der Waals surface area contributed by atoms with Crippen molar-refractivity contribution in [3.8, 4) is 0 Å². The van der Waals surface area contributed by atoms with Crippen molar-refractivity contribution in [3.63, 3.8) is 0 Å². The van der Waals surface area contributed by atoms with Gasteiger partial charge in [-0.3, -0.25) is 4.90 Å². The van der Waals surface area contributed by atoms with E-state index in [1.807, 2.05) is 0 Å². The molecule has 1 saturated carbocycles. The van der Waals surface area contributed by atoms with Gasteiger partial charge in [0.1, 0.15) is 0 Å². The first-order valence-electron chi connectivity index (χ1n) is 6.77. The van der Waals surface area contributed by atoms with E-state index in [1.165, 1.54) is 51.7 Å². The van der Waals surface area contributed by atoms with Crippen molar-refractivity contribution in [2.75, 3.05) is 19.6 Å². The number of likely N-dealkylation sites (N-methyl/N-ethyl adjacent to an activating group) is 1. The molecule has 3 unspecified atom stereocenters. The third kappa shape index (κ3) is 2.73. The van der Waals surface area contributed by atoms with Gasteiger partial charge in [0.25, 0.3) is 0 Å². The lowest BCUT2D eigenvalue weighted by atomic mass is 10.0. The summed E-state index contributed by atoms with van der Waals surface area (Å²) in [6, 6.07) is 1.70. The van der Waals surface area contributed by atoms with Crippen LogP contribution in [0, 0.1) is 5.92 Å². The van der Waals surface area contributed by atoms with Crippen LogP contribution in [-0.4, -0.2) is 36.6 Å². The highest BCUT2D eigenvalue weighted by Crippen LogP contribution is 2.30. The second kappa shape index (κ2) is 5.31. The molecule has 15 heavy (non-hydrogen) atoms. The van der Waals surface area contributed by atoms with E-state index in [9.17, 15) is 0 Å². The highest BCUT2D eigenvalue weighted by molar-refractivity contribution is 4.87. The number of piperidine rings is 1. The van der Waals surface area contributed by atoms with Gasteiger partial charge in [0.15, 0.2) is 0 Å². The Kier molecular flexibility index (Phi) is 4.04. The third-order valence-electron chi connectivity index (χ3n) is 4.24. The minimum Gasteiger partial charge on any atom is -0.315 e. The summed E-state index contributed by atoms with van der Waals surface area (Å²) in [7, 11) is 0. The van der Waals surface area contributed by atoms with Crippen molar-refractivity contribution < 1.29 is 0 Å². The third-order valence-corrected chi connectivity index (χ3v) is 4.24. The van der Waals surface area contributed by atoms with Crippen LogP contribution in [0.3, 0.4) is 0 Å². The quantitative estimate of drug-likeness (QED) is 0.768. The van der Waals surface area contributed by atoms with E-state index in [0.29, 0.717) is 0 Å². The van der Waals surface area contributed by atoms with Gasteiger partial charge in [-0.2, -0.15) is 0 Å². The molecule has 1 heterocycles. The van der Waals surface area contributed by atoms with Crippen LogP contribution < -0.4 is 5.32 Å². The normalized spacial score (nSPS) is 37.4. The summed E-state index contributed by atoms with van der Waals surface area (Å²) < 4.78 is 0. The van der Waals surface area contributed by atoms with E-state index in [-0.39, 0.29) is 0 Å². The van der Waals surface area contributed by atoms with Crippen LogP contribution in [0.5, 0.6) is 0 Å². The first-order valence-corrected chi connectivity index (χ1v) is 6.77. The van der Waals surface area contributed by atoms with Gasteiger partial charge in [-0.25, -0.2) is 0 Å². The predicted octanol–water partition coefficient (Wildman–Crippen LogP) is 2.25. The Morgan fingerprint density at radius 1 is 1.20 bits per heavy atom. The standard InChI is InChI=1S/C13H26N2/c1-3-15(12-7-6-11(2)9-12)13-5-4-8-14-10-13/h11-14H,3-10H2,1-2H3. The Labute approximate surface area is 94.4 Å². The molecule has 0 aromatic heterocycles. The van der Waals surface area contributed by atoms with Gasteiger partial charge in [-0.05, 0) is 51.1 Å². The SMILES string of the molecule is CCN(C1CCCNC1)C1CCC(C)C1. The fraction of sp³-hybridized carbons (Fsp3) is 1.00. The molecule has 2 fully saturated rings. The van der Waals surface area contributed by atoms with E-state index in [4.69, 9.17) is 0 Å². The first kappa shape index (κ1) is 11.4. The Morgan fingerprint density at radius 2 is 2.07 bits per heavy atom. The van der Waals surface area contributed by atoms with Gasteiger partial charge in [0, 0.05) is 18.6 Å². The van der Waals surface area contributed by atoms with Crippen LogP contribution in [0.1, 0.15) is 46.0 Å². The molecule has 0 spiro atoms. The van der Waals surface area contributed by atoms with Gasteiger partial charge in [-0.1, -0.05) is 13.8 Å². The van der Waals surface area contributed by atoms with Crippen molar-refractivity contribution in [3.05, 3.63) is 0 Å². The molecule has 0 aromatic rings. The van der Waals surface area contributed by atoms with Crippen molar-refractivity contribution in [2.24, 2.45) is 5.92 Å². The second-order valence-electron chi connectivity index (χ2n) is 5.40. The van der Waals surface area contributed by atoms with E-state index >= 15 is 0 Å². The Balaban J connectivity index is 1.90. The van der Waals surface area contributed by atoms with Gasteiger partial charge in [0.05, 0.1) is 0 Å². The summed E-state index contributed by atoms with van der Waals surface area (Å²) in [5.74, 6) is 0.959. The maximum atomic E-state index is 3.54. The fourth-order valence-corrected chi connectivity index (χ4v) is 3.41. The van der Waals surface area contributed by atoms with Crippen LogP contribution >= 0.6 is 0 Å². The summed E-state index contributed by atoms with van der Waals surface area (Å²) in [5.41, 5.74) is 0. The summed E-state index contributed by atoms with van der Waals surface area (Å²) in [5, 5.41) is 3.54. The molecular formula is C13H26N2. The first-order chi connectivity index (χ1) is 7.31. The second-order valence-corrected chi connectivity index (χ2v) is 5.40. The molecule has 88 valence electrons. The van der Waals surface area contributed by atoms with Crippen LogP contribution in [0.2, 0.25) is 0 Å². The fourth-order valence-electron chi connectivity index (χ4n) is 3.41. The molecule has 2 nitrogen and oxygen atoms in total. The van der Waals surface area contributed by atoms with Crippen molar-refractivity contribution >= 4 is 0 Å². The van der Waals surface area contributed by atoms with Gasteiger partial charge >= 0.3 is 0 Å². The molecule has 0 aromatic carbocycles. The Hall–Kier alpha value is -0.0800. The molecule has 2 aliphatic rings. The maximum absolute atomic E-state index is 3.54. The molecule has 0 radical (unpaired) electrons. The van der Waals surface area contributed by atoms with E-state index in [2.05, 4.69) is 24.1 Å². The van der Waals surface area contributed by atoms with E-state index in [0.717, 1.165) is 18.0 Å². The van der Waals surface area contributed by atoms with Crippen LogP contribution in [0.25, 0.3) is 0 Å². The molecule has 0 amide bonds. The molecular weight excluding hydrogens is 184 g/mol. The molecule has 1 aliphatic heterocycles. The zero-order valence-electron chi connectivity index (χ0n) is 10.3. The van der Waals surface area contributed by atoms with Crippen molar-refractivity contribution in [2.45, 2.75) is 58.0 Å². The Morgan fingerprint density at radius 3 is 2.60 bits per heavy atom. The number of hydrogen-bond acceptors (Lipinski definition) is 2. The van der Waals surface area contributed by atoms with Crippen LogP contribution in [0.4, 0.5) is 0 Å². The highest BCUT2D eigenvalue weighted by Gasteiger charge is 2.30. The number of hydrogen-bond donors (Lipinski definition) is 1. The van der Waals surface area contributed by atoms with E-state index in [1.54, 1.807) is 0 Å². The average molecular weight is 210 g/mol. The predicted molar refractivity (Wildman–Crippen MR) is 65.1 cm³/mol. The summed E-state index contributed by atoms with van der Waals surface area (Å²) in [6.07, 6.45) is 7.09. The molecule has 0 bridgehead atoms. The van der Waals surface area contributed by atoms with Crippen molar-refractivity contribution in [1.82, 2.24) is 10.2 Å². The smallest absolute Gasteiger partial charge is 0.0223 e. The summed E-state index contributed by atoms with van der Waals surface area (Å²) in [6.45, 7) is 8.43. The minimum atomic E-state index is 0.819. The highest BCUT2D eigenvalue weighted by atomic mass is 15.2. The zero-order valence-corrected chi connectivity index (χ0v) is 10.3. The topological polar surface area (TPSA) is 15.3 Å². The van der Waals surface area contributed by atoms with Gasteiger partial charge in [-0.15, -0.1) is 0 Å². The van der Waals surface area contributed by atoms with Crippen molar-refractivity contribution in [1.29, 1.82) is 0 Å². The van der Waals surface area contributed by atoms with Gasteiger partial charge in [0.2, 0.25) is 0 Å². The van der Waals surface area contributed by atoms with Crippen LogP contribution in [0.15, 0.2) is 0 Å². The summed E-state index contributed by atoms with van der Waals surface area (Å²) >= 11 is 0.